The molecule has 1 spiro atoms. The van der Waals surface area contributed by atoms with Gasteiger partial charge in [-0.2, -0.15) is 0 Å². The Kier molecular flexibility index (Phi) is 8.57. The minimum absolute atomic E-state index is 0. The number of aromatic amines is 1. The molecule has 2 amide bonds. The number of para-hydroxylation sites is 1. The number of hydrogen-bond acceptors (Lipinski definition) is 4. The largest absolute Gasteiger partial charge is 0.361 e. The van der Waals surface area contributed by atoms with E-state index in [0.29, 0.717) is 13.0 Å². The van der Waals surface area contributed by atoms with E-state index >= 15 is 0 Å². The summed E-state index contributed by atoms with van der Waals surface area (Å²) in [6.45, 7) is 3.08. The van der Waals surface area contributed by atoms with Crippen LogP contribution in [-0.4, -0.2) is 68.0 Å². The highest BCUT2D eigenvalue weighted by Gasteiger charge is 2.51. The van der Waals surface area contributed by atoms with E-state index in [2.05, 4.69) is 51.3 Å². The summed E-state index contributed by atoms with van der Waals surface area (Å²) in [6.07, 6.45) is 5.05. The number of urea groups is 1. The molecule has 1 unspecified atom stereocenters. The summed E-state index contributed by atoms with van der Waals surface area (Å²) < 4.78 is 0. The molecule has 1 saturated heterocycles. The molecule has 7 nitrogen and oxygen atoms in total. The Balaban J connectivity index is 0.00000320. The zero-order valence-electron chi connectivity index (χ0n) is 21.7. The van der Waals surface area contributed by atoms with Crippen molar-refractivity contribution in [3.63, 3.8) is 0 Å². The zero-order valence-corrected chi connectivity index (χ0v) is 22.5. The van der Waals surface area contributed by atoms with Gasteiger partial charge in [-0.15, -0.1) is 12.4 Å². The van der Waals surface area contributed by atoms with E-state index in [1.807, 2.05) is 43.4 Å². The summed E-state index contributed by atoms with van der Waals surface area (Å²) >= 11 is 0. The maximum Gasteiger partial charge on any atom is 0.315 e. The molecule has 2 aromatic carbocycles. The highest BCUT2D eigenvalue weighted by Crippen LogP contribution is 2.49. The summed E-state index contributed by atoms with van der Waals surface area (Å²) in [4.78, 5) is 32.6. The molecule has 0 bridgehead atoms. The first-order chi connectivity index (χ1) is 17.5. The van der Waals surface area contributed by atoms with E-state index in [4.69, 9.17) is 0 Å². The van der Waals surface area contributed by atoms with Crippen molar-refractivity contribution >= 4 is 35.1 Å². The lowest BCUT2D eigenvalue weighted by Crippen LogP contribution is -2.54. The molecule has 1 aromatic heterocycles. The first kappa shape index (κ1) is 27.2. The molecule has 2 atom stereocenters. The molecular formula is C29H38ClN5O2. The molecule has 5 rings (SSSR count). The van der Waals surface area contributed by atoms with Crippen molar-refractivity contribution in [3.05, 3.63) is 71.4 Å². The van der Waals surface area contributed by atoms with Crippen molar-refractivity contribution in [3.8, 4) is 0 Å². The number of carbonyl (C=O) groups excluding carboxylic acids is 2. The van der Waals surface area contributed by atoms with Crippen LogP contribution < -0.4 is 16.0 Å². The van der Waals surface area contributed by atoms with Gasteiger partial charge >= 0.3 is 6.03 Å². The van der Waals surface area contributed by atoms with Gasteiger partial charge in [0.05, 0.1) is 6.04 Å². The molecule has 1 aliphatic heterocycles. The molecule has 0 radical (unpaired) electrons. The number of nitrogens with one attached hydrogen (secondary N) is 4. The van der Waals surface area contributed by atoms with Gasteiger partial charge in [0.25, 0.3) is 0 Å². The van der Waals surface area contributed by atoms with Crippen molar-refractivity contribution in [2.24, 2.45) is 5.92 Å². The number of fused-ring (bicyclic) bond motifs is 3. The number of piperidine rings is 1. The van der Waals surface area contributed by atoms with Crippen molar-refractivity contribution < 1.29 is 9.59 Å². The molecule has 2 heterocycles. The number of Topliss-reactive ketones (excluding diaryl/α,β-unsaturated/α-hetero) is 1. The van der Waals surface area contributed by atoms with Crippen molar-refractivity contribution in [1.82, 2.24) is 25.8 Å². The van der Waals surface area contributed by atoms with Gasteiger partial charge in [-0.1, -0.05) is 42.5 Å². The van der Waals surface area contributed by atoms with Crippen LogP contribution in [0.5, 0.6) is 0 Å². The second kappa shape index (κ2) is 11.7. The Labute approximate surface area is 225 Å². The van der Waals surface area contributed by atoms with Gasteiger partial charge < -0.3 is 25.8 Å². The molecule has 198 valence electrons. The van der Waals surface area contributed by atoms with Gasteiger partial charge in [-0.3, -0.25) is 4.79 Å². The van der Waals surface area contributed by atoms with Gasteiger partial charge in [-0.25, -0.2) is 4.79 Å². The topological polar surface area (TPSA) is 89.3 Å². The molecule has 1 fully saturated rings. The summed E-state index contributed by atoms with van der Waals surface area (Å²) in [6, 6.07) is 15.8. The molecule has 3 aromatic rings. The van der Waals surface area contributed by atoms with Gasteiger partial charge in [0, 0.05) is 47.9 Å². The SMILES string of the molecule is CN(C)CCNC(=O)N[C@H](Cc1c[nH]c2ccccc12)C(=O)C1Cc2ccccc2C12CCNCC2.Cl. The number of nitrogens with zero attached hydrogens (tertiary/aromatic N) is 1. The van der Waals surface area contributed by atoms with Crippen LogP contribution in [0.15, 0.2) is 54.7 Å². The van der Waals surface area contributed by atoms with Crippen LogP contribution in [0.1, 0.15) is 29.5 Å². The third-order valence-corrected chi connectivity index (χ3v) is 8.08. The maximum atomic E-state index is 14.4. The predicted molar refractivity (Wildman–Crippen MR) is 151 cm³/mol. The Morgan fingerprint density at radius 1 is 1.08 bits per heavy atom. The summed E-state index contributed by atoms with van der Waals surface area (Å²) in [5, 5.41) is 10.6. The zero-order chi connectivity index (χ0) is 25.1. The fourth-order valence-electron chi connectivity index (χ4n) is 6.24. The highest BCUT2D eigenvalue weighted by atomic mass is 35.5. The quantitative estimate of drug-likeness (QED) is 0.364. The smallest absolute Gasteiger partial charge is 0.315 e. The molecule has 37 heavy (non-hydrogen) atoms. The molecular weight excluding hydrogens is 486 g/mol. The summed E-state index contributed by atoms with van der Waals surface area (Å²) in [5.41, 5.74) is 4.52. The number of amides is 2. The highest BCUT2D eigenvalue weighted by molar-refractivity contribution is 5.93. The first-order valence-corrected chi connectivity index (χ1v) is 13.0. The van der Waals surface area contributed by atoms with Crippen LogP contribution >= 0.6 is 12.4 Å². The number of hydrogen-bond donors (Lipinski definition) is 4. The first-order valence-electron chi connectivity index (χ1n) is 13.0. The lowest BCUT2D eigenvalue weighted by Gasteiger charge is -2.40. The number of H-pyrrole nitrogens is 1. The molecule has 0 saturated carbocycles. The van der Waals surface area contributed by atoms with Crippen molar-refractivity contribution in [2.75, 3.05) is 40.3 Å². The number of rotatable bonds is 8. The van der Waals surface area contributed by atoms with Crippen molar-refractivity contribution in [2.45, 2.75) is 37.1 Å². The van der Waals surface area contributed by atoms with E-state index in [0.717, 1.165) is 55.4 Å². The second-order valence-electron chi connectivity index (χ2n) is 10.5. The van der Waals surface area contributed by atoms with Crippen LogP contribution in [0.3, 0.4) is 0 Å². The van der Waals surface area contributed by atoms with E-state index in [1.54, 1.807) is 0 Å². The minimum Gasteiger partial charge on any atom is -0.361 e. The fourth-order valence-corrected chi connectivity index (χ4v) is 6.24. The van der Waals surface area contributed by atoms with E-state index in [1.165, 1.54) is 11.1 Å². The van der Waals surface area contributed by atoms with E-state index in [9.17, 15) is 9.59 Å². The number of carbonyl (C=O) groups is 2. The Morgan fingerprint density at radius 2 is 1.81 bits per heavy atom. The Bertz CT molecular complexity index is 1230. The van der Waals surface area contributed by atoms with Gasteiger partial charge in [0.15, 0.2) is 5.78 Å². The average Bonchev–Trinajstić information content (AvgIpc) is 3.43. The van der Waals surface area contributed by atoms with E-state index < -0.39 is 6.04 Å². The lowest BCUT2D eigenvalue weighted by atomic mass is 9.66. The Hall–Kier alpha value is -2.87. The van der Waals surface area contributed by atoms with Gasteiger partial charge in [0.2, 0.25) is 0 Å². The summed E-state index contributed by atoms with van der Waals surface area (Å²) in [5.74, 6) is -0.00424. The maximum absolute atomic E-state index is 14.4. The molecule has 2 aliphatic rings. The monoisotopic (exact) mass is 523 g/mol. The Morgan fingerprint density at radius 3 is 2.59 bits per heavy atom. The van der Waals surface area contributed by atoms with Crippen LogP contribution in [0.4, 0.5) is 4.79 Å². The number of likely N-dealkylation sites (N-methyl/N-ethyl adjacent to an activating group) is 1. The minimum atomic E-state index is -0.602. The van der Waals surface area contributed by atoms with E-state index in [-0.39, 0.29) is 35.6 Å². The second-order valence-corrected chi connectivity index (χ2v) is 10.5. The number of benzene rings is 2. The summed E-state index contributed by atoms with van der Waals surface area (Å²) in [7, 11) is 3.94. The number of ketones is 1. The van der Waals surface area contributed by atoms with Gasteiger partial charge in [0.1, 0.15) is 0 Å². The fraction of sp³-hybridized carbons (Fsp3) is 0.448. The van der Waals surface area contributed by atoms with Gasteiger partial charge in [-0.05, 0) is 69.2 Å². The van der Waals surface area contributed by atoms with Crippen LogP contribution in [-0.2, 0) is 23.1 Å². The standard InChI is InChI=1S/C29H37N5O2.ClH/c1-34(2)16-15-31-28(36)33-26(18-21-19-32-25-10-6-4-8-22(21)25)27(35)24-17-20-7-3-5-9-23(20)29(24)11-13-30-14-12-29;/h3-10,19,24,26,30,32H,11-18H2,1-2H3,(H2,31,33,36);1H/t24?,26-;/m1./s1. The number of aromatic nitrogens is 1. The average molecular weight is 524 g/mol. The molecule has 4 N–H and O–H groups in total. The van der Waals surface area contributed by atoms with Crippen molar-refractivity contribution in [1.29, 1.82) is 0 Å². The third-order valence-electron chi connectivity index (χ3n) is 8.08. The number of halogens is 1. The molecule has 1 aliphatic carbocycles. The molecule has 8 heteroatoms. The van der Waals surface area contributed by atoms with Crippen LogP contribution in [0.2, 0.25) is 0 Å². The third kappa shape index (κ3) is 5.54. The normalized spacial score (nSPS) is 18.8. The van der Waals surface area contributed by atoms with Crippen LogP contribution in [0, 0.1) is 5.92 Å². The predicted octanol–water partition coefficient (Wildman–Crippen LogP) is 3.42. The lowest BCUT2D eigenvalue weighted by molar-refractivity contribution is -0.127. The van der Waals surface area contributed by atoms with Crippen LogP contribution in [0.25, 0.3) is 10.9 Å².